The van der Waals surface area contributed by atoms with Gasteiger partial charge in [-0.05, 0) is 42.2 Å². The zero-order valence-electron chi connectivity index (χ0n) is 18.3. The molecule has 1 aliphatic carbocycles. The number of imidazole rings is 1. The van der Waals surface area contributed by atoms with E-state index in [1.807, 2.05) is 34.9 Å². The van der Waals surface area contributed by atoms with Crippen molar-refractivity contribution < 1.29 is 14.3 Å². The number of hydrogen-bond acceptors (Lipinski definition) is 6. The SMILES string of the molecule is COC(=O)CC1CC2=CC=CCC2=Cc2nc(C(=O)N(C)CCNc3ccccn3)cn21. The van der Waals surface area contributed by atoms with Crippen LogP contribution in [0.4, 0.5) is 5.82 Å². The number of hydrogen-bond donors (Lipinski definition) is 1. The van der Waals surface area contributed by atoms with Crippen molar-refractivity contribution in [2.24, 2.45) is 0 Å². The summed E-state index contributed by atoms with van der Waals surface area (Å²) in [4.78, 5) is 35.6. The van der Waals surface area contributed by atoms with E-state index in [1.165, 1.54) is 18.3 Å². The van der Waals surface area contributed by atoms with Crippen LogP contribution in [0, 0.1) is 0 Å². The number of esters is 1. The number of rotatable bonds is 7. The zero-order chi connectivity index (χ0) is 22.5. The van der Waals surface area contributed by atoms with Crippen LogP contribution in [-0.2, 0) is 9.53 Å². The Hall–Kier alpha value is -3.68. The van der Waals surface area contributed by atoms with Crippen molar-refractivity contribution in [2.75, 3.05) is 32.6 Å². The first kappa shape index (κ1) is 21.5. The van der Waals surface area contributed by atoms with Crippen molar-refractivity contribution in [2.45, 2.75) is 25.3 Å². The summed E-state index contributed by atoms with van der Waals surface area (Å²) in [7, 11) is 3.15. The molecule has 1 aliphatic heterocycles. The molecule has 0 aromatic carbocycles. The lowest BCUT2D eigenvalue weighted by Gasteiger charge is -2.19. The highest BCUT2D eigenvalue weighted by molar-refractivity contribution is 5.92. The fourth-order valence-corrected chi connectivity index (χ4v) is 3.95. The zero-order valence-corrected chi connectivity index (χ0v) is 18.3. The molecule has 0 saturated carbocycles. The summed E-state index contributed by atoms with van der Waals surface area (Å²) in [6, 6.07) is 5.49. The van der Waals surface area contributed by atoms with Crippen molar-refractivity contribution in [3.05, 3.63) is 71.5 Å². The van der Waals surface area contributed by atoms with Gasteiger partial charge in [-0.25, -0.2) is 9.97 Å². The molecule has 4 rings (SSSR count). The maximum Gasteiger partial charge on any atom is 0.307 e. The number of nitrogens with zero attached hydrogens (tertiary/aromatic N) is 4. The fraction of sp³-hybridized carbons (Fsp3) is 0.333. The third-order valence-corrected chi connectivity index (χ3v) is 5.71. The average Bonchev–Trinajstić information content (AvgIpc) is 3.17. The number of anilines is 1. The first-order valence-electron chi connectivity index (χ1n) is 10.7. The van der Waals surface area contributed by atoms with Crippen molar-refractivity contribution in [1.29, 1.82) is 0 Å². The first-order valence-corrected chi connectivity index (χ1v) is 10.7. The predicted molar refractivity (Wildman–Crippen MR) is 122 cm³/mol. The molecule has 0 fully saturated rings. The standard InChI is InChI=1S/C24H27N5O3/c1-28(12-11-26-21-9-5-6-10-25-21)24(31)20-16-29-19(15-23(30)32-2)13-17-7-3-4-8-18(17)14-22(29)27-20/h3-7,9-10,14,16,19H,8,11-13,15H2,1-2H3,(H,25,26). The molecule has 1 N–H and O–H groups in total. The molecule has 166 valence electrons. The van der Waals surface area contributed by atoms with Gasteiger partial charge in [0.25, 0.3) is 5.91 Å². The van der Waals surface area contributed by atoms with Crippen LogP contribution in [0.5, 0.6) is 0 Å². The molecule has 2 aromatic rings. The van der Waals surface area contributed by atoms with Crippen molar-refractivity contribution in [3.8, 4) is 0 Å². The Balaban J connectivity index is 1.51. The number of fused-ring (bicyclic) bond motifs is 2. The molecule has 8 heteroatoms. The van der Waals surface area contributed by atoms with Crippen LogP contribution < -0.4 is 5.32 Å². The Morgan fingerprint density at radius 1 is 1.31 bits per heavy atom. The van der Waals surface area contributed by atoms with Gasteiger partial charge in [-0.3, -0.25) is 9.59 Å². The minimum Gasteiger partial charge on any atom is -0.469 e. The molecule has 0 spiro atoms. The highest BCUT2D eigenvalue weighted by Crippen LogP contribution is 2.35. The van der Waals surface area contributed by atoms with Crippen LogP contribution in [0.15, 0.2) is 60.0 Å². The number of ether oxygens (including phenoxy) is 1. The molecular weight excluding hydrogens is 406 g/mol. The van der Waals surface area contributed by atoms with Gasteiger partial charge in [0.2, 0.25) is 0 Å². The molecule has 1 unspecified atom stereocenters. The Morgan fingerprint density at radius 2 is 2.19 bits per heavy atom. The third-order valence-electron chi connectivity index (χ3n) is 5.71. The minimum absolute atomic E-state index is 0.158. The lowest BCUT2D eigenvalue weighted by molar-refractivity contribution is -0.141. The van der Waals surface area contributed by atoms with Gasteiger partial charge in [0.15, 0.2) is 0 Å². The molecule has 2 aliphatic rings. The van der Waals surface area contributed by atoms with Gasteiger partial charge in [-0.2, -0.15) is 0 Å². The van der Waals surface area contributed by atoms with E-state index in [0.717, 1.165) is 12.2 Å². The second kappa shape index (κ2) is 9.64. The molecule has 2 aromatic heterocycles. The number of carbonyl (C=O) groups excluding carboxylic acids is 2. The molecule has 1 atom stereocenters. The predicted octanol–water partition coefficient (Wildman–Crippen LogP) is 3.24. The lowest BCUT2D eigenvalue weighted by Crippen LogP contribution is -2.31. The van der Waals surface area contributed by atoms with Crippen LogP contribution in [0.2, 0.25) is 0 Å². The van der Waals surface area contributed by atoms with Crippen molar-refractivity contribution in [1.82, 2.24) is 19.4 Å². The van der Waals surface area contributed by atoms with E-state index < -0.39 is 0 Å². The molecule has 0 bridgehead atoms. The van der Waals surface area contributed by atoms with Gasteiger partial charge in [0.1, 0.15) is 17.3 Å². The van der Waals surface area contributed by atoms with E-state index in [4.69, 9.17) is 4.74 Å². The number of allylic oxidation sites excluding steroid dienone is 5. The van der Waals surface area contributed by atoms with E-state index in [9.17, 15) is 9.59 Å². The Bertz CT molecular complexity index is 1080. The number of likely N-dealkylation sites (N-methyl/N-ethyl adjacent to an activating group) is 1. The summed E-state index contributed by atoms with van der Waals surface area (Å²) < 4.78 is 6.85. The smallest absolute Gasteiger partial charge is 0.307 e. The maximum atomic E-state index is 13.0. The number of aromatic nitrogens is 3. The highest BCUT2D eigenvalue weighted by atomic mass is 16.5. The average molecular weight is 434 g/mol. The van der Waals surface area contributed by atoms with Crippen LogP contribution >= 0.6 is 0 Å². The van der Waals surface area contributed by atoms with Crippen LogP contribution in [0.25, 0.3) is 6.08 Å². The Kier molecular flexibility index (Phi) is 6.49. The normalized spacial score (nSPS) is 16.8. The van der Waals surface area contributed by atoms with Gasteiger partial charge in [0, 0.05) is 38.6 Å². The van der Waals surface area contributed by atoms with Crippen molar-refractivity contribution >= 4 is 23.8 Å². The van der Waals surface area contributed by atoms with Crippen molar-refractivity contribution in [3.63, 3.8) is 0 Å². The summed E-state index contributed by atoms with van der Waals surface area (Å²) in [5.74, 6) is 1.01. The topological polar surface area (TPSA) is 89.3 Å². The number of carbonyl (C=O) groups is 2. The van der Waals surface area contributed by atoms with Gasteiger partial charge >= 0.3 is 5.97 Å². The Labute approximate surface area is 187 Å². The number of amides is 1. The quantitative estimate of drug-likeness (QED) is 0.675. The molecular formula is C24H27N5O3. The molecule has 0 saturated heterocycles. The first-order chi connectivity index (χ1) is 15.5. The van der Waals surface area contributed by atoms with Crippen LogP contribution in [0.3, 0.4) is 0 Å². The van der Waals surface area contributed by atoms with Gasteiger partial charge in [-0.15, -0.1) is 0 Å². The summed E-state index contributed by atoms with van der Waals surface area (Å²) in [6.45, 7) is 1.07. The Morgan fingerprint density at radius 3 is 2.97 bits per heavy atom. The molecule has 8 nitrogen and oxygen atoms in total. The maximum absolute atomic E-state index is 13.0. The van der Waals surface area contributed by atoms with Crippen LogP contribution in [0.1, 0.15) is 41.6 Å². The number of pyridine rings is 1. The van der Waals surface area contributed by atoms with Gasteiger partial charge in [0.05, 0.1) is 13.5 Å². The number of nitrogens with one attached hydrogen (secondary N) is 1. The summed E-state index contributed by atoms with van der Waals surface area (Å²) in [6.07, 6.45) is 13.4. The van der Waals surface area contributed by atoms with E-state index in [0.29, 0.717) is 31.0 Å². The van der Waals surface area contributed by atoms with Crippen LogP contribution in [-0.4, -0.2) is 58.6 Å². The second-order valence-corrected chi connectivity index (χ2v) is 7.89. The van der Waals surface area contributed by atoms with E-state index in [-0.39, 0.29) is 24.3 Å². The minimum atomic E-state index is -0.282. The molecule has 1 amide bonds. The summed E-state index contributed by atoms with van der Waals surface area (Å²) in [5, 5.41) is 3.20. The van der Waals surface area contributed by atoms with E-state index in [2.05, 4.69) is 27.4 Å². The lowest BCUT2D eigenvalue weighted by atomic mass is 9.92. The highest BCUT2D eigenvalue weighted by Gasteiger charge is 2.27. The second-order valence-electron chi connectivity index (χ2n) is 7.89. The van der Waals surface area contributed by atoms with E-state index in [1.54, 1.807) is 24.3 Å². The summed E-state index contributed by atoms with van der Waals surface area (Å²) in [5.41, 5.74) is 2.72. The van der Waals surface area contributed by atoms with E-state index >= 15 is 0 Å². The largest absolute Gasteiger partial charge is 0.469 e. The fourth-order valence-electron chi connectivity index (χ4n) is 3.95. The molecule has 3 heterocycles. The number of methoxy groups -OCH3 is 1. The molecule has 32 heavy (non-hydrogen) atoms. The summed E-state index contributed by atoms with van der Waals surface area (Å²) >= 11 is 0. The van der Waals surface area contributed by atoms with Gasteiger partial charge < -0.3 is 19.5 Å². The monoisotopic (exact) mass is 433 g/mol. The van der Waals surface area contributed by atoms with Gasteiger partial charge in [-0.1, -0.05) is 24.3 Å². The third kappa shape index (κ3) is 4.80. The molecule has 0 radical (unpaired) electrons.